The van der Waals surface area contributed by atoms with Crippen molar-refractivity contribution in [1.82, 2.24) is 10.9 Å². The number of nitrogens with one attached hydrogen (secondary N) is 2. The third-order valence-corrected chi connectivity index (χ3v) is 7.77. The minimum Gasteiger partial charge on any atom is -0.425 e. The lowest BCUT2D eigenvalue weighted by molar-refractivity contribution is -0.385. The van der Waals surface area contributed by atoms with Gasteiger partial charge in [-0.1, -0.05) is 12.1 Å². The number of nitrogens with zero attached hydrogens (tertiary/aromatic N) is 4. The molecule has 2 N–H and O–H groups in total. The van der Waals surface area contributed by atoms with Gasteiger partial charge in [0.15, 0.2) is 6.10 Å². The molecule has 3 fully saturated rings. The van der Waals surface area contributed by atoms with Crippen LogP contribution in [0.25, 0.3) is 0 Å². The van der Waals surface area contributed by atoms with E-state index in [0.29, 0.717) is 17.8 Å². The Hall–Kier alpha value is -4.96. The number of amides is 2. The van der Waals surface area contributed by atoms with E-state index < -0.39 is 57.1 Å². The molecule has 3 heterocycles. The van der Waals surface area contributed by atoms with Crippen LogP contribution in [0.15, 0.2) is 72.8 Å². The molecule has 0 bridgehead atoms. The van der Waals surface area contributed by atoms with E-state index in [-0.39, 0.29) is 22.8 Å². The van der Waals surface area contributed by atoms with Crippen molar-refractivity contribution >= 4 is 52.1 Å². The Kier molecular flexibility index (Phi) is 7.23. The molecule has 3 saturated heterocycles. The Bertz CT molecular complexity index is 1620. The number of hydroxylamine groups is 1. The van der Waals surface area contributed by atoms with Crippen molar-refractivity contribution in [2.75, 3.05) is 16.5 Å². The fourth-order valence-electron chi connectivity index (χ4n) is 5.27. The van der Waals surface area contributed by atoms with Crippen LogP contribution in [0.4, 0.5) is 22.7 Å². The van der Waals surface area contributed by atoms with Crippen LogP contribution in [0.3, 0.4) is 0 Å². The summed E-state index contributed by atoms with van der Waals surface area (Å²) in [6, 6.07) is 15.1. The van der Waals surface area contributed by atoms with Gasteiger partial charge in [0, 0.05) is 30.8 Å². The number of hydrogen-bond donors (Lipinski definition) is 2. The molecule has 5 atom stereocenters. The predicted molar refractivity (Wildman–Crippen MR) is 149 cm³/mol. The van der Waals surface area contributed by atoms with Crippen LogP contribution in [0, 0.1) is 26.1 Å². The maximum Gasteiger partial charge on any atom is 0.331 e. The summed E-state index contributed by atoms with van der Waals surface area (Å²) in [5, 5.41) is 23.1. The van der Waals surface area contributed by atoms with Gasteiger partial charge in [-0.2, -0.15) is 0 Å². The minimum absolute atomic E-state index is 0.147. The first-order chi connectivity index (χ1) is 20.6. The lowest BCUT2D eigenvalue weighted by Gasteiger charge is -2.28. The van der Waals surface area contributed by atoms with Crippen molar-refractivity contribution in [3.05, 3.63) is 98.6 Å². The number of imide groups is 1. The summed E-state index contributed by atoms with van der Waals surface area (Å²) in [6.45, 7) is 0.382. The van der Waals surface area contributed by atoms with E-state index in [0.717, 1.165) is 4.90 Å². The van der Waals surface area contributed by atoms with Crippen LogP contribution < -0.4 is 25.6 Å². The number of alkyl halides is 1. The Balaban J connectivity index is 1.32. The average molecular weight is 609 g/mol. The molecule has 6 rings (SSSR count). The van der Waals surface area contributed by atoms with Crippen molar-refractivity contribution < 1.29 is 33.8 Å². The topological polar surface area (TPSA) is 186 Å². The molecular weight excluding hydrogens is 588 g/mol. The summed E-state index contributed by atoms with van der Waals surface area (Å²) in [6.07, 6.45) is -1.25. The zero-order valence-electron chi connectivity index (χ0n) is 21.9. The van der Waals surface area contributed by atoms with Gasteiger partial charge in [0.05, 0.1) is 32.6 Å². The number of fused-ring (bicyclic) bond motifs is 1. The fourth-order valence-corrected chi connectivity index (χ4v) is 5.51. The summed E-state index contributed by atoms with van der Waals surface area (Å²) in [7, 11) is 0. The monoisotopic (exact) mass is 608 g/mol. The fraction of sp³-hybridized carbons (Fsp3) is 0.222. The summed E-state index contributed by atoms with van der Waals surface area (Å²) in [4.78, 5) is 67.9. The highest BCUT2D eigenvalue weighted by atomic mass is 35.5. The summed E-state index contributed by atoms with van der Waals surface area (Å²) in [5.41, 5.74) is 6.20. The molecule has 0 aromatic heterocycles. The number of carbonyl (C=O) groups excluding carboxylic acids is 3. The molecule has 2 amide bonds. The Morgan fingerprint density at radius 1 is 0.884 bits per heavy atom. The normalized spacial score (nSPS) is 24.7. The highest BCUT2D eigenvalue weighted by Crippen LogP contribution is 2.48. The third-order valence-electron chi connectivity index (χ3n) is 7.36. The average Bonchev–Trinajstić information content (AvgIpc) is 3.68. The molecule has 0 saturated carbocycles. The number of esters is 1. The van der Waals surface area contributed by atoms with Crippen molar-refractivity contribution in [2.24, 2.45) is 5.92 Å². The maximum absolute atomic E-state index is 13.8. The molecule has 0 radical (unpaired) electrons. The zero-order chi connectivity index (χ0) is 30.4. The third kappa shape index (κ3) is 5.03. The molecule has 3 aliphatic rings. The molecule has 5 unspecified atom stereocenters. The molecule has 0 aliphatic carbocycles. The lowest BCUT2D eigenvalue weighted by Crippen LogP contribution is -2.41. The van der Waals surface area contributed by atoms with E-state index in [1.54, 1.807) is 12.1 Å². The van der Waals surface area contributed by atoms with E-state index in [9.17, 15) is 34.6 Å². The molecule has 3 aliphatic heterocycles. The van der Waals surface area contributed by atoms with Crippen LogP contribution in [-0.2, 0) is 19.2 Å². The van der Waals surface area contributed by atoms with Crippen LogP contribution >= 0.6 is 11.6 Å². The number of halogens is 1. The van der Waals surface area contributed by atoms with Gasteiger partial charge >= 0.3 is 5.97 Å². The molecule has 43 heavy (non-hydrogen) atoms. The van der Waals surface area contributed by atoms with Gasteiger partial charge in [-0.15, -0.1) is 11.6 Å². The zero-order valence-corrected chi connectivity index (χ0v) is 22.6. The first-order valence-corrected chi connectivity index (χ1v) is 13.3. The number of anilines is 2. The first-order valence-electron chi connectivity index (χ1n) is 12.9. The summed E-state index contributed by atoms with van der Waals surface area (Å²) < 4.78 is 5.45. The van der Waals surface area contributed by atoms with Gasteiger partial charge < -0.3 is 4.74 Å². The number of non-ortho nitro benzene ring substituents is 2. The van der Waals surface area contributed by atoms with Gasteiger partial charge in [-0.25, -0.2) is 20.2 Å². The molecule has 0 spiro atoms. The molecule has 3 aromatic rings. The second-order valence-corrected chi connectivity index (χ2v) is 10.5. The van der Waals surface area contributed by atoms with Gasteiger partial charge in [0.2, 0.25) is 5.91 Å². The lowest BCUT2D eigenvalue weighted by atomic mass is 9.90. The number of carbonyl (C=O) groups is 3. The Morgan fingerprint density at radius 2 is 1.47 bits per heavy atom. The van der Waals surface area contributed by atoms with Crippen LogP contribution in [0.1, 0.15) is 11.6 Å². The standard InChI is InChI=1S/C27H21ClN6O9/c28-20-13-29-30-22(20)27(37)42-19-11-1-14(2-12-19)23-21-24(43-32(23)16-5-9-18(10-6-16)34(40)41)26(36)31(25(21)35)15-3-7-17(8-4-15)33(38)39/h1-12,20-24,29-30H,13H2. The van der Waals surface area contributed by atoms with Gasteiger partial charge in [0.1, 0.15) is 17.7 Å². The number of nitro groups is 2. The minimum atomic E-state index is -1.25. The van der Waals surface area contributed by atoms with Gasteiger partial charge in [-0.3, -0.25) is 40.1 Å². The number of rotatable bonds is 7. The molecular formula is C27H21ClN6O9. The number of ether oxygens (including phenoxy) is 1. The number of benzene rings is 3. The largest absolute Gasteiger partial charge is 0.425 e. The van der Waals surface area contributed by atoms with Crippen molar-refractivity contribution in [1.29, 1.82) is 0 Å². The number of nitro benzene ring substituents is 2. The van der Waals surface area contributed by atoms with E-state index in [4.69, 9.17) is 21.2 Å². The second-order valence-electron chi connectivity index (χ2n) is 9.89. The highest BCUT2D eigenvalue weighted by Gasteiger charge is 2.60. The predicted octanol–water partition coefficient (Wildman–Crippen LogP) is 2.54. The van der Waals surface area contributed by atoms with Crippen molar-refractivity contribution in [2.45, 2.75) is 23.6 Å². The van der Waals surface area contributed by atoms with E-state index in [1.165, 1.54) is 65.7 Å². The van der Waals surface area contributed by atoms with Gasteiger partial charge in [-0.05, 0) is 42.0 Å². The number of hydrogen-bond acceptors (Lipinski definition) is 12. The quantitative estimate of drug-likeness (QED) is 0.0998. The summed E-state index contributed by atoms with van der Waals surface area (Å²) >= 11 is 6.13. The van der Waals surface area contributed by atoms with Crippen LogP contribution in [0.2, 0.25) is 0 Å². The van der Waals surface area contributed by atoms with Crippen LogP contribution in [-0.4, -0.2) is 51.7 Å². The first kappa shape index (κ1) is 28.2. The molecule has 16 heteroatoms. The smallest absolute Gasteiger partial charge is 0.331 e. The highest BCUT2D eigenvalue weighted by molar-refractivity contribution is 6.24. The number of hydrazine groups is 1. The molecule has 3 aromatic carbocycles. The van der Waals surface area contributed by atoms with E-state index >= 15 is 0 Å². The second kappa shape index (κ2) is 11.0. The SMILES string of the molecule is O=C(Oc1ccc(C2C3C(=O)N(c4ccc([N+](=O)[O-])cc4)C(=O)C3ON2c2ccc([N+](=O)[O-])cc2)cc1)C1NNCC1Cl. The maximum atomic E-state index is 13.8. The van der Waals surface area contributed by atoms with Gasteiger partial charge in [0.25, 0.3) is 17.3 Å². The van der Waals surface area contributed by atoms with E-state index in [1.807, 2.05) is 0 Å². The molecule has 15 nitrogen and oxygen atoms in total. The van der Waals surface area contributed by atoms with Crippen molar-refractivity contribution in [3.8, 4) is 5.75 Å². The molecule has 220 valence electrons. The Labute approximate surface area is 247 Å². The Morgan fingerprint density at radius 3 is 2.00 bits per heavy atom. The summed E-state index contributed by atoms with van der Waals surface area (Å²) in [5.74, 6) is -2.69. The van der Waals surface area contributed by atoms with Crippen molar-refractivity contribution in [3.63, 3.8) is 0 Å². The van der Waals surface area contributed by atoms with E-state index in [2.05, 4.69) is 10.9 Å². The van der Waals surface area contributed by atoms with Crippen LogP contribution in [0.5, 0.6) is 5.75 Å².